The molecule has 7 heteroatoms. The van der Waals surface area contributed by atoms with Gasteiger partial charge < -0.3 is 9.64 Å². The monoisotopic (exact) mass is 382 g/mol. The second kappa shape index (κ2) is 8.97. The van der Waals surface area contributed by atoms with Crippen LogP contribution in [0.4, 0.5) is 0 Å². The summed E-state index contributed by atoms with van der Waals surface area (Å²) >= 11 is 0. The van der Waals surface area contributed by atoms with Crippen LogP contribution in [0.3, 0.4) is 0 Å². The average molecular weight is 383 g/mol. The molecule has 1 heterocycles. The van der Waals surface area contributed by atoms with Gasteiger partial charge >= 0.3 is 5.97 Å². The molecule has 0 amide bonds. The van der Waals surface area contributed by atoms with Crippen molar-refractivity contribution in [3.63, 3.8) is 0 Å². The van der Waals surface area contributed by atoms with Crippen LogP contribution in [0.15, 0.2) is 29.2 Å². The summed E-state index contributed by atoms with van der Waals surface area (Å²) in [5, 5.41) is 0. The van der Waals surface area contributed by atoms with E-state index in [4.69, 9.17) is 4.74 Å². The Morgan fingerprint density at radius 1 is 1.19 bits per heavy atom. The highest BCUT2D eigenvalue weighted by Gasteiger charge is 2.46. The number of nitrogens with one attached hydrogen (secondary N) is 1. The van der Waals surface area contributed by atoms with Crippen molar-refractivity contribution in [2.75, 3.05) is 26.7 Å². The number of rotatable bonds is 10. The number of unbranched alkanes of at least 4 members (excludes halogenated alkanes) is 2. The van der Waals surface area contributed by atoms with Crippen LogP contribution in [-0.4, -0.2) is 51.6 Å². The van der Waals surface area contributed by atoms with E-state index >= 15 is 0 Å². The van der Waals surface area contributed by atoms with Gasteiger partial charge in [0.2, 0.25) is 10.0 Å². The van der Waals surface area contributed by atoms with E-state index in [1.807, 2.05) is 24.1 Å². The zero-order chi connectivity index (χ0) is 19.2. The Balaban J connectivity index is 2.06. The van der Waals surface area contributed by atoms with Gasteiger partial charge in [0.15, 0.2) is 0 Å². The predicted octanol–water partition coefficient (Wildman–Crippen LogP) is 2.33. The van der Waals surface area contributed by atoms with Crippen LogP contribution in [0.1, 0.15) is 45.1 Å². The molecule has 6 nitrogen and oxygen atoms in total. The van der Waals surface area contributed by atoms with Gasteiger partial charge in [0.05, 0.1) is 23.5 Å². The molecule has 0 atom stereocenters. The summed E-state index contributed by atoms with van der Waals surface area (Å²) in [7, 11) is -1.80. The first-order chi connectivity index (χ1) is 12.3. The van der Waals surface area contributed by atoms with Crippen LogP contribution < -0.4 is 4.72 Å². The number of nitrogens with zero attached hydrogens (tertiary/aromatic N) is 1. The maximum absolute atomic E-state index is 12.8. The van der Waals surface area contributed by atoms with E-state index in [-0.39, 0.29) is 23.9 Å². The molecule has 0 saturated carbocycles. The second-order valence-electron chi connectivity index (χ2n) is 7.14. The van der Waals surface area contributed by atoms with Crippen molar-refractivity contribution in [2.45, 2.75) is 56.4 Å². The maximum atomic E-state index is 12.8. The molecule has 0 radical (unpaired) electrons. The minimum atomic E-state index is -3.69. The van der Waals surface area contributed by atoms with Crippen LogP contribution in [0.2, 0.25) is 0 Å². The van der Waals surface area contributed by atoms with Crippen molar-refractivity contribution in [3.8, 4) is 0 Å². The van der Waals surface area contributed by atoms with Crippen LogP contribution in [-0.2, 0) is 26.0 Å². The highest BCUT2D eigenvalue weighted by Crippen LogP contribution is 2.26. The quantitative estimate of drug-likeness (QED) is 0.496. The molecule has 1 aliphatic rings. The molecular formula is C19H30N2O4S. The summed E-state index contributed by atoms with van der Waals surface area (Å²) in [5.74, 6) is -0.380. The first-order valence-corrected chi connectivity index (χ1v) is 10.8. The zero-order valence-electron chi connectivity index (χ0n) is 16.0. The molecule has 0 unspecified atom stereocenters. The first-order valence-electron chi connectivity index (χ1n) is 9.27. The number of sulfonamides is 1. The third kappa shape index (κ3) is 5.53. The van der Waals surface area contributed by atoms with E-state index < -0.39 is 15.6 Å². The summed E-state index contributed by atoms with van der Waals surface area (Å²) < 4.78 is 33.3. The Morgan fingerprint density at radius 2 is 1.85 bits per heavy atom. The minimum absolute atomic E-state index is 0.0412. The molecule has 0 aliphatic carbocycles. The third-order valence-electron chi connectivity index (χ3n) is 4.59. The lowest BCUT2D eigenvalue weighted by atomic mass is 9.88. The number of benzene rings is 1. The number of likely N-dealkylation sites (tertiary alicyclic amines) is 1. The number of carbonyl (C=O) groups excluding carboxylic acids is 1. The molecule has 1 N–H and O–H groups in total. The van der Waals surface area contributed by atoms with Gasteiger partial charge in [0, 0.05) is 13.1 Å². The number of esters is 1. The smallest absolute Gasteiger partial charge is 0.307 e. The highest BCUT2D eigenvalue weighted by atomic mass is 32.2. The van der Waals surface area contributed by atoms with Gasteiger partial charge in [-0.2, -0.15) is 0 Å². The lowest BCUT2D eigenvalue weighted by molar-refractivity contribution is -0.146. The van der Waals surface area contributed by atoms with E-state index in [0.29, 0.717) is 13.1 Å². The molecular weight excluding hydrogens is 352 g/mol. The van der Waals surface area contributed by atoms with Gasteiger partial charge in [-0.1, -0.05) is 31.9 Å². The normalized spacial score (nSPS) is 16.9. The maximum Gasteiger partial charge on any atom is 0.307 e. The number of carbonyl (C=O) groups is 1. The van der Waals surface area contributed by atoms with E-state index in [1.54, 1.807) is 19.1 Å². The number of likely N-dealkylation sites (N-methyl/N-ethyl adjacent to an activating group) is 1. The molecule has 1 aromatic rings. The predicted molar refractivity (Wildman–Crippen MR) is 101 cm³/mol. The molecule has 26 heavy (non-hydrogen) atoms. The van der Waals surface area contributed by atoms with Crippen LogP contribution in [0, 0.1) is 0 Å². The fourth-order valence-electron chi connectivity index (χ4n) is 3.45. The van der Waals surface area contributed by atoms with Gasteiger partial charge in [-0.25, -0.2) is 13.1 Å². The van der Waals surface area contributed by atoms with Gasteiger partial charge in [-0.3, -0.25) is 4.79 Å². The van der Waals surface area contributed by atoms with Crippen molar-refractivity contribution in [1.82, 2.24) is 9.62 Å². The number of aryl methyl sites for hydroxylation is 1. The molecule has 1 aliphatic heterocycles. The summed E-state index contributed by atoms with van der Waals surface area (Å²) in [4.78, 5) is 14.1. The number of ether oxygens (including phenoxy) is 1. The van der Waals surface area contributed by atoms with E-state index in [2.05, 4.69) is 11.6 Å². The lowest BCUT2D eigenvalue weighted by Crippen LogP contribution is -2.69. The van der Waals surface area contributed by atoms with Crippen LogP contribution in [0.5, 0.6) is 0 Å². The average Bonchev–Trinajstić information content (AvgIpc) is 2.54. The molecule has 0 aromatic heterocycles. The Hall–Kier alpha value is -1.44. The first kappa shape index (κ1) is 20.9. The second-order valence-corrected chi connectivity index (χ2v) is 8.82. The molecule has 0 bridgehead atoms. The molecule has 2 rings (SSSR count). The third-order valence-corrected chi connectivity index (χ3v) is 6.18. The largest absolute Gasteiger partial charge is 0.466 e. The number of hydrogen-bond acceptors (Lipinski definition) is 5. The van der Waals surface area contributed by atoms with Crippen molar-refractivity contribution in [2.24, 2.45) is 0 Å². The Morgan fingerprint density at radius 3 is 2.38 bits per heavy atom. The van der Waals surface area contributed by atoms with Gasteiger partial charge in [0.25, 0.3) is 0 Å². The van der Waals surface area contributed by atoms with Crippen molar-refractivity contribution < 1.29 is 17.9 Å². The summed E-state index contributed by atoms with van der Waals surface area (Å²) in [5.41, 5.74) is 0.349. The van der Waals surface area contributed by atoms with E-state index in [0.717, 1.165) is 24.8 Å². The zero-order valence-corrected chi connectivity index (χ0v) is 16.8. The van der Waals surface area contributed by atoms with Crippen molar-refractivity contribution in [1.29, 1.82) is 0 Å². The van der Waals surface area contributed by atoms with E-state index in [1.165, 1.54) is 6.42 Å². The Labute approximate surface area is 157 Å². The molecule has 1 fully saturated rings. The lowest BCUT2D eigenvalue weighted by Gasteiger charge is -2.48. The highest BCUT2D eigenvalue weighted by molar-refractivity contribution is 7.89. The van der Waals surface area contributed by atoms with Gasteiger partial charge in [0.1, 0.15) is 0 Å². The number of hydrogen-bond donors (Lipinski definition) is 1. The minimum Gasteiger partial charge on any atom is -0.466 e. The van der Waals surface area contributed by atoms with Gasteiger partial charge in [-0.05, 0) is 44.5 Å². The molecule has 0 spiro atoms. The van der Waals surface area contributed by atoms with Crippen LogP contribution >= 0.6 is 0 Å². The fourth-order valence-corrected chi connectivity index (χ4v) is 4.83. The Kier molecular flexibility index (Phi) is 7.20. The summed E-state index contributed by atoms with van der Waals surface area (Å²) in [6.07, 6.45) is 4.44. The van der Waals surface area contributed by atoms with Crippen molar-refractivity contribution >= 4 is 16.0 Å². The van der Waals surface area contributed by atoms with E-state index in [9.17, 15) is 13.2 Å². The molecule has 146 valence electrons. The Bertz CT molecular complexity index is 695. The molecule has 1 aromatic carbocycles. The standard InChI is InChI=1S/C19H30N2O4S/c1-4-6-7-8-16-9-11-17(12-10-16)26(23,24)20-19(14-21(3)15-19)13-18(22)25-5-2/h9-12,20H,4-8,13-15H2,1-3H3. The molecule has 1 saturated heterocycles. The van der Waals surface area contributed by atoms with Crippen LogP contribution in [0.25, 0.3) is 0 Å². The van der Waals surface area contributed by atoms with Gasteiger partial charge in [-0.15, -0.1) is 0 Å². The fraction of sp³-hybridized carbons (Fsp3) is 0.632. The SMILES string of the molecule is CCCCCc1ccc(S(=O)(=O)NC2(CC(=O)OCC)CN(C)C2)cc1. The summed E-state index contributed by atoms with van der Waals surface area (Å²) in [6, 6.07) is 7.03. The topological polar surface area (TPSA) is 75.7 Å². The van der Waals surface area contributed by atoms with Crippen molar-refractivity contribution in [3.05, 3.63) is 29.8 Å². The summed E-state index contributed by atoms with van der Waals surface area (Å²) in [6.45, 7) is 5.16.